The maximum atomic E-state index is 6.11. The predicted molar refractivity (Wildman–Crippen MR) is 176 cm³/mol. The summed E-state index contributed by atoms with van der Waals surface area (Å²) >= 11 is 12.2. The summed E-state index contributed by atoms with van der Waals surface area (Å²) < 4.78 is 17.9. The van der Waals surface area contributed by atoms with Crippen LogP contribution < -0.4 is 21.6 Å². The van der Waals surface area contributed by atoms with E-state index in [1.807, 2.05) is 64.1 Å². The van der Waals surface area contributed by atoms with Crippen LogP contribution in [-0.2, 0) is 27.3 Å². The molecule has 0 bridgehead atoms. The van der Waals surface area contributed by atoms with Crippen LogP contribution in [0.1, 0.15) is 36.1 Å². The van der Waals surface area contributed by atoms with E-state index in [9.17, 15) is 0 Å². The van der Waals surface area contributed by atoms with Gasteiger partial charge in [-0.25, -0.2) is 0 Å². The minimum atomic E-state index is -0.129. The lowest BCUT2D eigenvalue weighted by Crippen LogP contribution is -2.27. The molecule has 0 fully saturated rings. The van der Waals surface area contributed by atoms with Gasteiger partial charge < -0.3 is 24.7 Å². The van der Waals surface area contributed by atoms with Crippen molar-refractivity contribution in [3.05, 3.63) is 117 Å². The minimum Gasteiger partial charge on any atom is -0.416 e. The highest BCUT2D eigenvalue weighted by Crippen LogP contribution is 2.21. The second kappa shape index (κ2) is 15.3. The Hall–Kier alpha value is -2.93. The molecule has 4 rings (SSSR count). The van der Waals surface area contributed by atoms with Gasteiger partial charge in [0.1, 0.15) is 12.5 Å². The summed E-state index contributed by atoms with van der Waals surface area (Å²) in [7, 11) is 1.04. The fourth-order valence-electron chi connectivity index (χ4n) is 4.21. The van der Waals surface area contributed by atoms with Crippen LogP contribution in [0.4, 0.5) is 11.4 Å². The molecule has 212 valence electrons. The predicted octanol–water partition coefficient (Wildman–Crippen LogP) is 6.23. The van der Waals surface area contributed by atoms with Crippen LogP contribution in [0.15, 0.2) is 84.9 Å². The first-order valence-corrected chi connectivity index (χ1v) is 14.5. The van der Waals surface area contributed by atoms with Crippen molar-refractivity contribution in [3.8, 4) is 0 Å². The number of ether oxygens (including phenoxy) is 1. The zero-order valence-electron chi connectivity index (χ0n) is 24.0. The molecule has 0 aliphatic rings. The summed E-state index contributed by atoms with van der Waals surface area (Å²) in [5, 5.41) is 8.22. The normalized spacial score (nSPS) is 12.4. The van der Waals surface area contributed by atoms with E-state index in [0.29, 0.717) is 28.2 Å². The first-order chi connectivity index (χ1) is 19.7. The smallest absolute Gasteiger partial charge is 0.311 e. The second-order valence-corrected chi connectivity index (χ2v) is 11.1. The molecule has 0 amide bonds. The molecule has 0 aliphatic carbocycles. The molecular weight excluding hydrogens is 553 g/mol. The molecule has 5 nitrogen and oxygen atoms in total. The first-order valence-electron chi connectivity index (χ1n) is 13.8. The van der Waals surface area contributed by atoms with Crippen molar-refractivity contribution >= 4 is 60.5 Å². The highest BCUT2D eigenvalue weighted by molar-refractivity contribution is 6.47. The Labute approximate surface area is 255 Å². The van der Waals surface area contributed by atoms with Crippen LogP contribution in [0.2, 0.25) is 10.0 Å². The zero-order chi connectivity index (χ0) is 29.2. The van der Waals surface area contributed by atoms with Gasteiger partial charge in [0.2, 0.25) is 0 Å². The van der Waals surface area contributed by atoms with Crippen LogP contribution in [0.25, 0.3) is 0 Å². The highest BCUT2D eigenvalue weighted by Gasteiger charge is 2.08. The van der Waals surface area contributed by atoms with Gasteiger partial charge in [-0.05, 0) is 86.3 Å². The van der Waals surface area contributed by atoms with Gasteiger partial charge in [-0.3, -0.25) is 0 Å². The van der Waals surface area contributed by atoms with E-state index in [-0.39, 0.29) is 12.5 Å². The van der Waals surface area contributed by atoms with E-state index in [1.165, 1.54) is 0 Å². The molecule has 0 aromatic heterocycles. The van der Waals surface area contributed by atoms with Crippen LogP contribution in [0, 0.1) is 13.8 Å². The molecule has 0 radical (unpaired) electrons. The van der Waals surface area contributed by atoms with Crippen molar-refractivity contribution in [2.75, 3.05) is 10.6 Å². The minimum absolute atomic E-state index is 0.129. The zero-order valence-corrected chi connectivity index (χ0v) is 25.6. The quantitative estimate of drug-likeness (QED) is 0.135. The van der Waals surface area contributed by atoms with E-state index in [4.69, 9.17) is 37.2 Å². The Morgan fingerprint density at radius 1 is 0.610 bits per heavy atom. The number of hydrogen-bond donors (Lipinski definition) is 2. The average molecular weight is 589 g/mol. The molecular formula is C32H36B2Cl2N2O3. The molecule has 0 saturated heterocycles. The lowest BCUT2D eigenvalue weighted by atomic mass is 9.87. The Morgan fingerprint density at radius 2 is 1.00 bits per heavy atom. The summed E-state index contributed by atoms with van der Waals surface area (Å²) in [6, 6.07) is 28.4. The topological polar surface area (TPSA) is 51.8 Å². The van der Waals surface area contributed by atoms with E-state index in [2.05, 4.69) is 59.2 Å². The molecule has 2 N–H and O–H groups in total. The summed E-state index contributed by atoms with van der Waals surface area (Å²) in [5.74, 6) is 0. The summed E-state index contributed by atoms with van der Waals surface area (Å²) in [6.45, 7) is 9.06. The molecule has 0 spiro atoms. The van der Waals surface area contributed by atoms with E-state index in [0.717, 1.165) is 54.6 Å². The number of benzene rings is 4. The number of anilines is 2. The molecule has 9 heteroatoms. The third-order valence-electron chi connectivity index (χ3n) is 6.64. The van der Waals surface area contributed by atoms with Gasteiger partial charge in [-0.2, -0.15) is 0 Å². The van der Waals surface area contributed by atoms with Crippen molar-refractivity contribution < 1.29 is 14.0 Å². The Bertz CT molecular complexity index is 1300. The molecule has 4 aromatic carbocycles. The Kier molecular flexibility index (Phi) is 11.6. The third kappa shape index (κ3) is 10.1. The standard InChI is InChI=1S/C32H36B2Cl2N2O3/c1-21-17-29(13-15-31(21)35)37-23(3)40-33-27-9-5-25(6-10-27)19-39-20-26-7-11-28(12-8-26)34-41-24(4)38-30-14-16-32(36)22(2)18-30/h5-18,23-24,33-34,37-38H,19-20H2,1-4H3. The van der Waals surface area contributed by atoms with Crippen molar-refractivity contribution in [2.24, 2.45) is 0 Å². The Balaban J connectivity index is 1.13. The number of halogens is 2. The van der Waals surface area contributed by atoms with E-state index in [1.54, 1.807) is 0 Å². The maximum absolute atomic E-state index is 6.11. The molecule has 0 heterocycles. The van der Waals surface area contributed by atoms with Gasteiger partial charge in [0.05, 0.1) is 13.2 Å². The van der Waals surface area contributed by atoms with Gasteiger partial charge >= 0.3 is 15.0 Å². The van der Waals surface area contributed by atoms with Gasteiger partial charge in [0.25, 0.3) is 0 Å². The number of hydrogen-bond acceptors (Lipinski definition) is 5. The number of aryl methyl sites for hydroxylation is 2. The highest BCUT2D eigenvalue weighted by atomic mass is 35.5. The lowest BCUT2D eigenvalue weighted by molar-refractivity contribution is 0.107. The number of nitrogens with one attached hydrogen (secondary N) is 2. The van der Waals surface area contributed by atoms with Crippen molar-refractivity contribution in [1.82, 2.24) is 0 Å². The first kappa shape index (κ1) is 31.0. The van der Waals surface area contributed by atoms with Gasteiger partial charge in [-0.15, -0.1) is 0 Å². The number of rotatable bonds is 14. The van der Waals surface area contributed by atoms with Gasteiger partial charge in [0.15, 0.2) is 0 Å². The molecule has 41 heavy (non-hydrogen) atoms. The van der Waals surface area contributed by atoms with E-state index < -0.39 is 0 Å². The van der Waals surface area contributed by atoms with Crippen LogP contribution >= 0.6 is 23.2 Å². The van der Waals surface area contributed by atoms with Crippen LogP contribution in [-0.4, -0.2) is 27.4 Å². The molecule has 2 atom stereocenters. The fourth-order valence-corrected chi connectivity index (χ4v) is 4.45. The SMILES string of the molecule is Cc1cc(NC(C)OBc2ccc(COCc3ccc(BOC(C)Nc4ccc(Cl)c(C)c4)cc3)cc2)ccc1Cl. The van der Waals surface area contributed by atoms with Crippen molar-refractivity contribution in [3.63, 3.8) is 0 Å². The molecule has 0 aliphatic heterocycles. The monoisotopic (exact) mass is 588 g/mol. The van der Waals surface area contributed by atoms with Crippen LogP contribution in [0.5, 0.6) is 0 Å². The summed E-state index contributed by atoms with van der Waals surface area (Å²) in [6.07, 6.45) is -0.259. The molecule has 2 unspecified atom stereocenters. The second-order valence-electron chi connectivity index (χ2n) is 10.2. The van der Waals surface area contributed by atoms with Crippen LogP contribution in [0.3, 0.4) is 0 Å². The van der Waals surface area contributed by atoms with Gasteiger partial charge in [0, 0.05) is 21.4 Å². The summed E-state index contributed by atoms with van der Waals surface area (Å²) in [4.78, 5) is 0. The fraction of sp³-hybridized carbons (Fsp3) is 0.250. The van der Waals surface area contributed by atoms with Crippen molar-refractivity contribution in [1.29, 1.82) is 0 Å². The molecule has 0 saturated carbocycles. The average Bonchev–Trinajstić information content (AvgIpc) is 2.96. The maximum Gasteiger partial charge on any atom is 0.311 e. The van der Waals surface area contributed by atoms with Gasteiger partial charge in [-0.1, -0.05) is 82.7 Å². The van der Waals surface area contributed by atoms with Crippen molar-refractivity contribution in [2.45, 2.75) is 53.4 Å². The Morgan fingerprint density at radius 3 is 1.37 bits per heavy atom. The lowest BCUT2D eigenvalue weighted by Gasteiger charge is -2.17. The van der Waals surface area contributed by atoms with E-state index >= 15 is 0 Å². The third-order valence-corrected chi connectivity index (χ3v) is 7.49. The summed E-state index contributed by atoms with van der Waals surface area (Å²) in [5.41, 5.74) is 8.52. The molecule has 4 aromatic rings. The largest absolute Gasteiger partial charge is 0.416 e.